The molecule has 0 unspecified atom stereocenters. The normalized spacial score (nSPS) is 12.9. The molecule has 0 radical (unpaired) electrons. The number of esters is 1. The van der Waals surface area contributed by atoms with E-state index in [1.54, 1.807) is 26.0 Å². The van der Waals surface area contributed by atoms with E-state index in [-0.39, 0.29) is 24.8 Å². The van der Waals surface area contributed by atoms with Gasteiger partial charge in [-0.15, -0.1) is 0 Å². The van der Waals surface area contributed by atoms with Gasteiger partial charge in [0.25, 0.3) is 5.91 Å². The Morgan fingerprint density at radius 2 is 1.75 bits per heavy atom. The maximum absolute atomic E-state index is 12.5. The predicted octanol–water partition coefficient (Wildman–Crippen LogP) is 2.21. The van der Waals surface area contributed by atoms with Crippen LogP contribution in [0.15, 0.2) is 53.1 Å². The molecule has 0 saturated heterocycles. The number of carbonyl (C=O) groups is 3. The minimum atomic E-state index is -0.991. The smallest absolute Gasteiger partial charge is 0.329 e. The summed E-state index contributed by atoms with van der Waals surface area (Å²) in [6.45, 7) is 5.29. The van der Waals surface area contributed by atoms with E-state index in [1.165, 1.54) is 13.2 Å². The molecule has 0 aliphatic heterocycles. The van der Waals surface area contributed by atoms with Gasteiger partial charge in [0.05, 0.1) is 19.2 Å². The van der Waals surface area contributed by atoms with E-state index in [4.69, 9.17) is 9.15 Å². The molecular formula is C21H26N2O5. The minimum Gasteiger partial charge on any atom is -0.467 e. The van der Waals surface area contributed by atoms with Gasteiger partial charge in [-0.2, -0.15) is 0 Å². The monoisotopic (exact) mass is 386 g/mol. The average molecular weight is 386 g/mol. The Bertz CT molecular complexity index is 771. The molecular weight excluding hydrogens is 360 g/mol. The Kier molecular flexibility index (Phi) is 7.80. The lowest BCUT2D eigenvalue weighted by molar-refractivity contribution is -0.158. The SMILES string of the molecule is CC(C)[C@H](NC(=O)Cc1ccccc1)C(=O)O[C@@H](C)C(=O)NCc1ccco1. The number of amides is 2. The van der Waals surface area contributed by atoms with Crippen LogP contribution in [-0.2, 0) is 32.1 Å². The summed E-state index contributed by atoms with van der Waals surface area (Å²) in [7, 11) is 0. The number of nitrogens with one attached hydrogen (secondary N) is 2. The zero-order valence-electron chi connectivity index (χ0n) is 16.3. The first-order chi connectivity index (χ1) is 13.4. The van der Waals surface area contributed by atoms with Crippen LogP contribution in [0.25, 0.3) is 0 Å². The number of carbonyl (C=O) groups excluding carboxylic acids is 3. The zero-order valence-corrected chi connectivity index (χ0v) is 16.3. The summed E-state index contributed by atoms with van der Waals surface area (Å²) in [5.74, 6) is -0.956. The quantitative estimate of drug-likeness (QED) is 0.644. The largest absolute Gasteiger partial charge is 0.467 e. The van der Waals surface area contributed by atoms with Gasteiger partial charge in [-0.3, -0.25) is 9.59 Å². The highest BCUT2D eigenvalue weighted by Gasteiger charge is 2.28. The third-order valence-electron chi connectivity index (χ3n) is 4.12. The maximum atomic E-state index is 12.5. The molecule has 0 bridgehead atoms. The van der Waals surface area contributed by atoms with Crippen LogP contribution >= 0.6 is 0 Å². The molecule has 7 nitrogen and oxygen atoms in total. The van der Waals surface area contributed by atoms with Crippen molar-refractivity contribution in [1.82, 2.24) is 10.6 Å². The van der Waals surface area contributed by atoms with Crippen molar-refractivity contribution in [3.63, 3.8) is 0 Å². The van der Waals surface area contributed by atoms with E-state index in [1.807, 2.05) is 30.3 Å². The van der Waals surface area contributed by atoms with Crippen LogP contribution in [0.5, 0.6) is 0 Å². The van der Waals surface area contributed by atoms with Crippen molar-refractivity contribution in [3.05, 3.63) is 60.1 Å². The van der Waals surface area contributed by atoms with Crippen LogP contribution in [0.3, 0.4) is 0 Å². The van der Waals surface area contributed by atoms with Crippen LogP contribution < -0.4 is 10.6 Å². The molecule has 2 rings (SSSR count). The summed E-state index contributed by atoms with van der Waals surface area (Å²) in [6.07, 6.45) is 0.682. The van der Waals surface area contributed by atoms with E-state index in [0.717, 1.165) is 5.56 Å². The summed E-state index contributed by atoms with van der Waals surface area (Å²) in [4.78, 5) is 36.9. The zero-order chi connectivity index (χ0) is 20.5. The van der Waals surface area contributed by atoms with Crippen molar-refractivity contribution in [2.45, 2.75) is 45.9 Å². The van der Waals surface area contributed by atoms with Crippen LogP contribution in [-0.4, -0.2) is 29.9 Å². The van der Waals surface area contributed by atoms with E-state index in [9.17, 15) is 14.4 Å². The Hall–Kier alpha value is -3.09. The molecule has 1 heterocycles. The molecule has 150 valence electrons. The fourth-order valence-electron chi connectivity index (χ4n) is 2.54. The van der Waals surface area contributed by atoms with Gasteiger partial charge < -0.3 is 19.8 Å². The lowest BCUT2D eigenvalue weighted by Crippen LogP contribution is -2.48. The van der Waals surface area contributed by atoms with Crippen molar-refractivity contribution < 1.29 is 23.5 Å². The second kappa shape index (κ2) is 10.3. The Balaban J connectivity index is 1.86. The molecule has 0 aliphatic rings. The highest BCUT2D eigenvalue weighted by Crippen LogP contribution is 2.08. The first-order valence-corrected chi connectivity index (χ1v) is 9.20. The van der Waals surface area contributed by atoms with Gasteiger partial charge in [0.1, 0.15) is 11.8 Å². The first kappa shape index (κ1) is 21.2. The van der Waals surface area contributed by atoms with Crippen molar-refractivity contribution in [3.8, 4) is 0 Å². The lowest BCUT2D eigenvalue weighted by Gasteiger charge is -2.23. The Morgan fingerprint density at radius 1 is 1.04 bits per heavy atom. The van der Waals surface area contributed by atoms with Gasteiger partial charge in [-0.05, 0) is 30.5 Å². The number of hydrogen-bond donors (Lipinski definition) is 2. The van der Waals surface area contributed by atoms with Crippen molar-refractivity contribution in [1.29, 1.82) is 0 Å². The van der Waals surface area contributed by atoms with Crippen molar-refractivity contribution >= 4 is 17.8 Å². The molecule has 0 saturated carbocycles. The third-order valence-corrected chi connectivity index (χ3v) is 4.12. The average Bonchev–Trinajstić information content (AvgIpc) is 3.18. The standard InChI is InChI=1S/C21H26N2O5/c1-14(2)19(23-18(24)12-16-8-5-4-6-9-16)21(26)28-15(3)20(25)22-13-17-10-7-11-27-17/h4-11,14-15,19H,12-13H2,1-3H3,(H,22,25)(H,23,24)/t15-,19-/m0/s1. The van der Waals surface area contributed by atoms with Crippen LogP contribution in [0.2, 0.25) is 0 Å². The van der Waals surface area contributed by atoms with Gasteiger partial charge in [0.15, 0.2) is 6.10 Å². The molecule has 0 spiro atoms. The molecule has 2 atom stereocenters. The number of ether oxygens (including phenoxy) is 1. The number of benzene rings is 1. The highest BCUT2D eigenvalue weighted by atomic mass is 16.5. The molecule has 28 heavy (non-hydrogen) atoms. The maximum Gasteiger partial charge on any atom is 0.329 e. The fraction of sp³-hybridized carbons (Fsp3) is 0.381. The van der Waals surface area contributed by atoms with E-state index in [2.05, 4.69) is 10.6 Å². The first-order valence-electron chi connectivity index (χ1n) is 9.20. The van der Waals surface area contributed by atoms with Crippen molar-refractivity contribution in [2.24, 2.45) is 5.92 Å². The topological polar surface area (TPSA) is 97.6 Å². The number of rotatable bonds is 9. The van der Waals surface area contributed by atoms with Crippen molar-refractivity contribution in [2.75, 3.05) is 0 Å². The molecule has 2 aromatic rings. The second-order valence-electron chi connectivity index (χ2n) is 6.83. The van der Waals surface area contributed by atoms with Gasteiger partial charge in [-0.25, -0.2) is 4.79 Å². The minimum absolute atomic E-state index is 0.163. The molecule has 2 amide bonds. The summed E-state index contributed by atoms with van der Waals surface area (Å²) in [5.41, 5.74) is 0.849. The van der Waals surface area contributed by atoms with Crippen LogP contribution in [0.1, 0.15) is 32.1 Å². The second-order valence-corrected chi connectivity index (χ2v) is 6.83. The van der Waals surface area contributed by atoms with Gasteiger partial charge in [0.2, 0.25) is 5.91 Å². The molecule has 1 aromatic heterocycles. The number of hydrogen-bond acceptors (Lipinski definition) is 5. The molecule has 0 fully saturated rings. The Labute approximate surface area is 164 Å². The van der Waals surface area contributed by atoms with Gasteiger partial charge >= 0.3 is 5.97 Å². The fourth-order valence-corrected chi connectivity index (χ4v) is 2.54. The van der Waals surface area contributed by atoms with Gasteiger partial charge in [0, 0.05) is 0 Å². The predicted molar refractivity (Wildman–Crippen MR) is 103 cm³/mol. The molecule has 0 aliphatic carbocycles. The lowest BCUT2D eigenvalue weighted by atomic mass is 10.0. The summed E-state index contributed by atoms with van der Waals surface area (Å²) < 4.78 is 10.4. The number of furan rings is 1. The van der Waals surface area contributed by atoms with E-state index >= 15 is 0 Å². The Morgan fingerprint density at radius 3 is 2.36 bits per heavy atom. The summed E-state index contributed by atoms with van der Waals surface area (Å²) in [5, 5.41) is 5.34. The highest BCUT2D eigenvalue weighted by molar-refractivity contribution is 5.88. The van der Waals surface area contributed by atoms with E-state index < -0.39 is 24.0 Å². The molecule has 2 N–H and O–H groups in total. The molecule has 1 aromatic carbocycles. The van der Waals surface area contributed by atoms with Crippen LogP contribution in [0, 0.1) is 5.92 Å². The van der Waals surface area contributed by atoms with Gasteiger partial charge in [-0.1, -0.05) is 44.2 Å². The summed E-state index contributed by atoms with van der Waals surface area (Å²) >= 11 is 0. The third kappa shape index (κ3) is 6.57. The molecule has 7 heteroatoms. The van der Waals surface area contributed by atoms with E-state index in [0.29, 0.717) is 5.76 Å². The summed E-state index contributed by atoms with van der Waals surface area (Å²) in [6, 6.07) is 11.9. The van der Waals surface area contributed by atoms with Crippen LogP contribution in [0.4, 0.5) is 0 Å².